The molecular weight excluding hydrogens is 269 g/mol. The predicted octanol–water partition coefficient (Wildman–Crippen LogP) is 2.79. The predicted molar refractivity (Wildman–Crippen MR) is 81.7 cm³/mol. The van der Waals surface area contributed by atoms with Gasteiger partial charge >= 0.3 is 0 Å². The summed E-state index contributed by atoms with van der Waals surface area (Å²) in [4.78, 5) is 2.33. The molecule has 1 aromatic rings. The topological polar surface area (TPSA) is 61.8 Å². The van der Waals surface area contributed by atoms with Crippen LogP contribution in [0.4, 0.5) is 4.39 Å². The highest BCUT2D eigenvalue weighted by Crippen LogP contribution is 2.28. The van der Waals surface area contributed by atoms with E-state index in [1.165, 1.54) is 12.5 Å². The molecule has 1 saturated heterocycles. The molecule has 0 saturated carbocycles. The van der Waals surface area contributed by atoms with E-state index in [1.807, 2.05) is 0 Å². The number of oxime groups is 1. The summed E-state index contributed by atoms with van der Waals surface area (Å²) in [6.45, 7) is 8.29. The molecule has 0 aromatic heterocycles. The van der Waals surface area contributed by atoms with Crippen molar-refractivity contribution in [3.05, 3.63) is 35.1 Å². The maximum absolute atomic E-state index is 14.2. The van der Waals surface area contributed by atoms with Crippen LogP contribution >= 0.6 is 0 Å². The SMILES string of the molecule is CC1CC(C)C(C)N(Cc2ccc(/C(N)=N/O)cc2F)C1. The molecule has 0 spiro atoms. The second kappa shape index (κ2) is 6.43. The first kappa shape index (κ1) is 15.8. The molecule has 116 valence electrons. The number of likely N-dealkylation sites (tertiary alicyclic amines) is 1. The lowest BCUT2D eigenvalue weighted by Crippen LogP contribution is -2.45. The number of hydrogen-bond donors (Lipinski definition) is 2. The van der Waals surface area contributed by atoms with E-state index in [4.69, 9.17) is 10.9 Å². The third kappa shape index (κ3) is 3.53. The van der Waals surface area contributed by atoms with Crippen LogP contribution in [0.3, 0.4) is 0 Å². The zero-order valence-electron chi connectivity index (χ0n) is 12.9. The molecule has 0 amide bonds. The van der Waals surface area contributed by atoms with Crippen LogP contribution in [0, 0.1) is 17.7 Å². The molecule has 1 aliphatic rings. The monoisotopic (exact) mass is 293 g/mol. The fourth-order valence-corrected chi connectivity index (χ4v) is 3.15. The van der Waals surface area contributed by atoms with E-state index >= 15 is 0 Å². The Morgan fingerprint density at radius 3 is 2.76 bits per heavy atom. The Kier molecular flexibility index (Phi) is 4.83. The second-order valence-corrected chi connectivity index (χ2v) is 6.28. The van der Waals surface area contributed by atoms with Crippen molar-refractivity contribution in [2.24, 2.45) is 22.7 Å². The lowest BCUT2D eigenvalue weighted by molar-refractivity contribution is 0.0720. The van der Waals surface area contributed by atoms with Gasteiger partial charge in [-0.2, -0.15) is 0 Å². The molecule has 1 aromatic carbocycles. The Morgan fingerprint density at radius 1 is 1.43 bits per heavy atom. The van der Waals surface area contributed by atoms with E-state index in [0.29, 0.717) is 35.5 Å². The summed E-state index contributed by atoms with van der Waals surface area (Å²) in [5.41, 5.74) is 6.52. The van der Waals surface area contributed by atoms with Crippen LogP contribution < -0.4 is 5.73 Å². The maximum atomic E-state index is 14.2. The molecule has 5 heteroatoms. The highest BCUT2D eigenvalue weighted by atomic mass is 19.1. The molecule has 3 atom stereocenters. The van der Waals surface area contributed by atoms with Gasteiger partial charge < -0.3 is 10.9 Å². The number of piperidine rings is 1. The van der Waals surface area contributed by atoms with Crippen molar-refractivity contribution in [3.63, 3.8) is 0 Å². The lowest BCUT2D eigenvalue weighted by Gasteiger charge is -2.41. The third-order valence-electron chi connectivity index (χ3n) is 4.55. The normalized spacial score (nSPS) is 27.8. The van der Waals surface area contributed by atoms with Gasteiger partial charge in [-0.15, -0.1) is 0 Å². The van der Waals surface area contributed by atoms with Gasteiger partial charge in [0.1, 0.15) is 5.82 Å². The molecular formula is C16H24FN3O. The van der Waals surface area contributed by atoms with Gasteiger partial charge in [-0.1, -0.05) is 31.1 Å². The van der Waals surface area contributed by atoms with Gasteiger partial charge in [-0.25, -0.2) is 4.39 Å². The largest absolute Gasteiger partial charge is 0.409 e. The Labute approximate surface area is 125 Å². The Bertz CT molecular complexity index is 532. The molecule has 0 aliphatic carbocycles. The van der Waals surface area contributed by atoms with Crippen molar-refractivity contribution in [1.29, 1.82) is 0 Å². The number of nitrogens with zero attached hydrogens (tertiary/aromatic N) is 2. The smallest absolute Gasteiger partial charge is 0.170 e. The van der Waals surface area contributed by atoms with Gasteiger partial charge in [0.25, 0.3) is 0 Å². The number of amidine groups is 1. The van der Waals surface area contributed by atoms with Crippen molar-refractivity contribution in [3.8, 4) is 0 Å². The van der Waals surface area contributed by atoms with E-state index in [-0.39, 0.29) is 11.7 Å². The summed E-state index contributed by atoms with van der Waals surface area (Å²) in [5.74, 6) is 0.871. The summed E-state index contributed by atoms with van der Waals surface area (Å²) < 4.78 is 14.2. The highest BCUT2D eigenvalue weighted by Gasteiger charge is 2.29. The van der Waals surface area contributed by atoms with Crippen molar-refractivity contribution >= 4 is 5.84 Å². The first-order valence-electron chi connectivity index (χ1n) is 7.42. The quantitative estimate of drug-likeness (QED) is 0.390. The first-order chi connectivity index (χ1) is 9.92. The van der Waals surface area contributed by atoms with E-state index in [9.17, 15) is 4.39 Å². The summed E-state index contributed by atoms with van der Waals surface area (Å²) in [7, 11) is 0. The van der Waals surface area contributed by atoms with Crippen LogP contribution in [0.25, 0.3) is 0 Å². The minimum absolute atomic E-state index is 0.0750. The van der Waals surface area contributed by atoms with Crippen molar-refractivity contribution in [1.82, 2.24) is 4.90 Å². The van der Waals surface area contributed by atoms with Crippen LogP contribution in [0.1, 0.15) is 38.3 Å². The molecule has 3 unspecified atom stereocenters. The summed E-state index contributed by atoms with van der Waals surface area (Å²) >= 11 is 0. The van der Waals surface area contributed by atoms with E-state index in [0.717, 1.165) is 6.54 Å². The molecule has 1 aliphatic heterocycles. The minimum Gasteiger partial charge on any atom is -0.409 e. The number of hydrogen-bond acceptors (Lipinski definition) is 3. The van der Waals surface area contributed by atoms with E-state index in [1.54, 1.807) is 12.1 Å². The summed E-state index contributed by atoms with van der Waals surface area (Å²) in [5, 5.41) is 11.5. The standard InChI is InChI=1S/C16H24FN3O/c1-10-6-11(2)12(3)20(8-10)9-14-5-4-13(7-15(14)17)16(18)19-21/h4-5,7,10-12,21H,6,8-9H2,1-3H3,(H2,18,19). The third-order valence-corrected chi connectivity index (χ3v) is 4.55. The average Bonchev–Trinajstić information content (AvgIpc) is 2.45. The van der Waals surface area contributed by atoms with Gasteiger partial charge in [-0.05, 0) is 31.2 Å². The Balaban J connectivity index is 2.16. The molecule has 0 bridgehead atoms. The van der Waals surface area contributed by atoms with E-state index < -0.39 is 0 Å². The molecule has 4 nitrogen and oxygen atoms in total. The molecule has 2 rings (SSSR count). The number of benzene rings is 1. The lowest BCUT2D eigenvalue weighted by atomic mass is 9.85. The van der Waals surface area contributed by atoms with Crippen LogP contribution in [-0.4, -0.2) is 28.5 Å². The summed E-state index contributed by atoms with van der Waals surface area (Å²) in [6.07, 6.45) is 1.22. The van der Waals surface area contributed by atoms with Crippen LogP contribution in [-0.2, 0) is 6.54 Å². The van der Waals surface area contributed by atoms with Gasteiger partial charge in [0.2, 0.25) is 0 Å². The molecule has 21 heavy (non-hydrogen) atoms. The number of nitrogens with two attached hydrogens (primary N) is 1. The molecule has 1 heterocycles. The Morgan fingerprint density at radius 2 is 2.14 bits per heavy atom. The fraction of sp³-hybridized carbons (Fsp3) is 0.562. The Hall–Kier alpha value is -1.62. The van der Waals surface area contributed by atoms with Gasteiger partial charge in [-0.3, -0.25) is 4.90 Å². The summed E-state index contributed by atoms with van der Waals surface area (Å²) in [6, 6.07) is 5.18. The maximum Gasteiger partial charge on any atom is 0.170 e. The van der Waals surface area contributed by atoms with Crippen molar-refractivity contribution in [2.75, 3.05) is 6.54 Å². The van der Waals surface area contributed by atoms with Gasteiger partial charge in [0.05, 0.1) is 0 Å². The van der Waals surface area contributed by atoms with Crippen LogP contribution in [0.2, 0.25) is 0 Å². The second-order valence-electron chi connectivity index (χ2n) is 6.28. The highest BCUT2D eigenvalue weighted by molar-refractivity contribution is 5.97. The zero-order chi connectivity index (χ0) is 15.6. The molecule has 1 fully saturated rings. The average molecular weight is 293 g/mol. The van der Waals surface area contributed by atoms with Crippen LogP contribution in [0.15, 0.2) is 23.4 Å². The van der Waals surface area contributed by atoms with Crippen molar-refractivity contribution in [2.45, 2.75) is 39.8 Å². The zero-order valence-corrected chi connectivity index (χ0v) is 12.9. The molecule has 3 N–H and O–H groups in total. The number of halogens is 1. The number of rotatable bonds is 3. The molecule has 0 radical (unpaired) electrons. The van der Waals surface area contributed by atoms with Crippen LogP contribution in [0.5, 0.6) is 0 Å². The minimum atomic E-state index is -0.308. The fourth-order valence-electron chi connectivity index (χ4n) is 3.15. The van der Waals surface area contributed by atoms with Gasteiger partial charge in [0.15, 0.2) is 5.84 Å². The van der Waals surface area contributed by atoms with E-state index in [2.05, 4.69) is 30.8 Å². The van der Waals surface area contributed by atoms with Crippen molar-refractivity contribution < 1.29 is 9.60 Å². The first-order valence-corrected chi connectivity index (χ1v) is 7.42. The van der Waals surface area contributed by atoms with Gasteiger partial charge in [0, 0.05) is 30.3 Å².